The highest BCUT2D eigenvalue weighted by atomic mass is 35.5. The fourth-order valence-corrected chi connectivity index (χ4v) is 1.97. The summed E-state index contributed by atoms with van der Waals surface area (Å²) < 4.78 is 0. The van der Waals surface area contributed by atoms with Gasteiger partial charge in [-0.1, -0.05) is 37.9 Å². The zero-order chi connectivity index (χ0) is 11.3. The Balaban J connectivity index is 2.70. The van der Waals surface area contributed by atoms with Gasteiger partial charge in [-0.3, -0.25) is 0 Å². The highest BCUT2D eigenvalue weighted by Crippen LogP contribution is 2.24. The second kappa shape index (κ2) is 6.02. The summed E-state index contributed by atoms with van der Waals surface area (Å²) in [6.45, 7) is 6.47. The molecule has 0 aliphatic rings. The standard InChI is InChI=1S/C13H20ClN/c1-4-6-11(5-2)15-13-8-7-10(3)9-12(13)14/h7-9,11,15H,4-6H2,1-3H3. The number of hydrogen-bond donors (Lipinski definition) is 1. The van der Waals surface area contributed by atoms with E-state index in [9.17, 15) is 0 Å². The average molecular weight is 226 g/mol. The molecule has 0 heterocycles. The van der Waals surface area contributed by atoms with E-state index in [0.29, 0.717) is 6.04 Å². The topological polar surface area (TPSA) is 12.0 Å². The van der Waals surface area contributed by atoms with E-state index in [4.69, 9.17) is 11.6 Å². The number of hydrogen-bond acceptors (Lipinski definition) is 1. The summed E-state index contributed by atoms with van der Waals surface area (Å²) >= 11 is 6.17. The van der Waals surface area contributed by atoms with Crippen LogP contribution in [0.1, 0.15) is 38.7 Å². The van der Waals surface area contributed by atoms with Gasteiger partial charge in [0.2, 0.25) is 0 Å². The van der Waals surface area contributed by atoms with Crippen molar-refractivity contribution < 1.29 is 0 Å². The van der Waals surface area contributed by atoms with Gasteiger partial charge in [0, 0.05) is 6.04 Å². The van der Waals surface area contributed by atoms with Gasteiger partial charge in [0.05, 0.1) is 10.7 Å². The summed E-state index contributed by atoms with van der Waals surface area (Å²) in [5.74, 6) is 0. The summed E-state index contributed by atoms with van der Waals surface area (Å²) in [6.07, 6.45) is 3.54. The molecule has 1 N–H and O–H groups in total. The fraction of sp³-hybridized carbons (Fsp3) is 0.538. The van der Waals surface area contributed by atoms with Crippen molar-refractivity contribution in [3.8, 4) is 0 Å². The summed E-state index contributed by atoms with van der Waals surface area (Å²) in [5.41, 5.74) is 2.26. The molecule has 0 fully saturated rings. The molecule has 0 aliphatic heterocycles. The first kappa shape index (κ1) is 12.4. The minimum Gasteiger partial charge on any atom is -0.381 e. The molecule has 0 spiro atoms. The maximum Gasteiger partial charge on any atom is 0.0640 e. The molecular formula is C13H20ClN. The van der Waals surface area contributed by atoms with E-state index in [2.05, 4.69) is 38.2 Å². The first-order valence-corrected chi connectivity index (χ1v) is 6.07. The molecule has 0 bridgehead atoms. The zero-order valence-electron chi connectivity index (χ0n) is 9.81. The predicted octanol–water partition coefficient (Wildman–Crippen LogP) is 4.64. The van der Waals surface area contributed by atoms with Gasteiger partial charge in [-0.05, 0) is 37.5 Å². The lowest BCUT2D eigenvalue weighted by atomic mass is 10.1. The first-order chi connectivity index (χ1) is 7.17. The summed E-state index contributed by atoms with van der Waals surface area (Å²) in [7, 11) is 0. The van der Waals surface area contributed by atoms with Gasteiger partial charge in [-0.25, -0.2) is 0 Å². The number of nitrogens with one attached hydrogen (secondary N) is 1. The van der Waals surface area contributed by atoms with Gasteiger partial charge in [0.1, 0.15) is 0 Å². The zero-order valence-corrected chi connectivity index (χ0v) is 10.6. The lowest BCUT2D eigenvalue weighted by Crippen LogP contribution is -2.18. The smallest absolute Gasteiger partial charge is 0.0640 e. The maximum absolute atomic E-state index is 6.17. The van der Waals surface area contributed by atoms with Crippen LogP contribution in [-0.4, -0.2) is 6.04 Å². The second-order valence-electron chi connectivity index (χ2n) is 4.02. The van der Waals surface area contributed by atoms with Crippen molar-refractivity contribution in [3.63, 3.8) is 0 Å². The van der Waals surface area contributed by atoms with Crippen molar-refractivity contribution in [1.29, 1.82) is 0 Å². The van der Waals surface area contributed by atoms with Crippen LogP contribution in [-0.2, 0) is 0 Å². The van der Waals surface area contributed by atoms with Crippen molar-refractivity contribution in [1.82, 2.24) is 0 Å². The molecule has 1 aromatic rings. The van der Waals surface area contributed by atoms with Crippen LogP contribution in [0.4, 0.5) is 5.69 Å². The van der Waals surface area contributed by atoms with Gasteiger partial charge in [-0.2, -0.15) is 0 Å². The third kappa shape index (κ3) is 3.75. The van der Waals surface area contributed by atoms with E-state index in [0.717, 1.165) is 17.1 Å². The Morgan fingerprint density at radius 1 is 1.33 bits per heavy atom. The molecule has 1 atom stereocenters. The molecule has 0 saturated carbocycles. The molecule has 1 nitrogen and oxygen atoms in total. The van der Waals surface area contributed by atoms with Crippen molar-refractivity contribution in [2.75, 3.05) is 5.32 Å². The fourth-order valence-electron chi connectivity index (χ4n) is 1.68. The number of aryl methyl sites for hydroxylation is 1. The normalized spacial score (nSPS) is 12.5. The van der Waals surface area contributed by atoms with E-state index in [1.165, 1.54) is 18.4 Å². The van der Waals surface area contributed by atoms with E-state index >= 15 is 0 Å². The minimum atomic E-state index is 0.537. The Kier molecular flexibility index (Phi) is 4.97. The molecule has 0 saturated heterocycles. The Morgan fingerprint density at radius 3 is 2.60 bits per heavy atom. The molecule has 0 aromatic heterocycles. The molecule has 2 heteroatoms. The Bertz CT molecular complexity index is 309. The van der Waals surface area contributed by atoms with Crippen LogP contribution in [0.25, 0.3) is 0 Å². The molecule has 1 aromatic carbocycles. The van der Waals surface area contributed by atoms with Gasteiger partial charge in [0.25, 0.3) is 0 Å². The molecule has 1 unspecified atom stereocenters. The molecule has 0 aliphatic carbocycles. The van der Waals surface area contributed by atoms with Crippen LogP contribution < -0.4 is 5.32 Å². The number of anilines is 1. The average Bonchev–Trinajstić information content (AvgIpc) is 2.21. The lowest BCUT2D eigenvalue weighted by molar-refractivity contribution is 0.623. The lowest BCUT2D eigenvalue weighted by Gasteiger charge is -2.18. The SMILES string of the molecule is CCCC(CC)Nc1ccc(C)cc1Cl. The van der Waals surface area contributed by atoms with Crippen LogP contribution >= 0.6 is 11.6 Å². The van der Waals surface area contributed by atoms with Gasteiger partial charge in [0.15, 0.2) is 0 Å². The molecular weight excluding hydrogens is 206 g/mol. The quantitative estimate of drug-likeness (QED) is 0.770. The number of rotatable bonds is 5. The van der Waals surface area contributed by atoms with Crippen molar-refractivity contribution in [3.05, 3.63) is 28.8 Å². The van der Waals surface area contributed by atoms with E-state index < -0.39 is 0 Å². The van der Waals surface area contributed by atoms with Crippen LogP contribution in [0.5, 0.6) is 0 Å². The van der Waals surface area contributed by atoms with Crippen molar-refractivity contribution >= 4 is 17.3 Å². The van der Waals surface area contributed by atoms with Crippen LogP contribution in [0, 0.1) is 6.92 Å². The number of benzene rings is 1. The predicted molar refractivity (Wildman–Crippen MR) is 68.8 cm³/mol. The molecule has 0 radical (unpaired) electrons. The molecule has 15 heavy (non-hydrogen) atoms. The van der Waals surface area contributed by atoms with E-state index in [-0.39, 0.29) is 0 Å². The molecule has 0 amide bonds. The highest BCUT2D eigenvalue weighted by Gasteiger charge is 2.07. The van der Waals surface area contributed by atoms with Crippen LogP contribution in [0.3, 0.4) is 0 Å². The van der Waals surface area contributed by atoms with Gasteiger partial charge >= 0.3 is 0 Å². The van der Waals surface area contributed by atoms with E-state index in [1.807, 2.05) is 6.07 Å². The molecule has 84 valence electrons. The third-order valence-corrected chi connectivity index (χ3v) is 2.93. The monoisotopic (exact) mass is 225 g/mol. The van der Waals surface area contributed by atoms with Crippen LogP contribution in [0.2, 0.25) is 5.02 Å². The second-order valence-corrected chi connectivity index (χ2v) is 4.43. The number of halogens is 1. The van der Waals surface area contributed by atoms with Crippen molar-refractivity contribution in [2.45, 2.75) is 46.1 Å². The maximum atomic E-state index is 6.17. The highest BCUT2D eigenvalue weighted by molar-refractivity contribution is 6.33. The minimum absolute atomic E-state index is 0.537. The van der Waals surface area contributed by atoms with Crippen molar-refractivity contribution in [2.24, 2.45) is 0 Å². The first-order valence-electron chi connectivity index (χ1n) is 5.70. The Hall–Kier alpha value is -0.690. The van der Waals surface area contributed by atoms with Gasteiger partial charge < -0.3 is 5.32 Å². The Morgan fingerprint density at radius 2 is 2.07 bits per heavy atom. The van der Waals surface area contributed by atoms with Crippen LogP contribution in [0.15, 0.2) is 18.2 Å². The van der Waals surface area contributed by atoms with Gasteiger partial charge in [-0.15, -0.1) is 0 Å². The van der Waals surface area contributed by atoms with E-state index in [1.54, 1.807) is 0 Å². The third-order valence-electron chi connectivity index (χ3n) is 2.61. The summed E-state index contributed by atoms with van der Waals surface area (Å²) in [6, 6.07) is 6.70. The summed E-state index contributed by atoms with van der Waals surface area (Å²) in [5, 5.41) is 4.32. The Labute approximate surface area is 97.8 Å². The summed E-state index contributed by atoms with van der Waals surface area (Å²) in [4.78, 5) is 0. The molecule has 1 rings (SSSR count). The largest absolute Gasteiger partial charge is 0.381 e.